The van der Waals surface area contributed by atoms with Gasteiger partial charge in [0.25, 0.3) is 10.2 Å². The molecule has 1 atom stereocenters. The number of nitrogens with zero attached hydrogens (tertiary/aromatic N) is 3. The number of carbonyl (C=O) groups is 1. The average molecular weight is 423 g/mol. The maximum atomic E-state index is 12.7. The Hall–Kier alpha value is -1.64. The maximum absolute atomic E-state index is 12.7. The van der Waals surface area contributed by atoms with Gasteiger partial charge in [0, 0.05) is 51.9 Å². The molecule has 0 aliphatic carbocycles. The second-order valence-corrected chi connectivity index (χ2v) is 10.5. The van der Waals surface area contributed by atoms with Crippen LogP contribution in [0.1, 0.15) is 50.6 Å². The van der Waals surface area contributed by atoms with Crippen molar-refractivity contribution in [3.05, 3.63) is 29.8 Å². The van der Waals surface area contributed by atoms with Gasteiger partial charge in [-0.1, -0.05) is 12.1 Å². The number of hydrogen-bond donors (Lipinski definition) is 1. The molecule has 2 fully saturated rings. The summed E-state index contributed by atoms with van der Waals surface area (Å²) in [6.45, 7) is 5.01. The molecule has 2 heterocycles. The van der Waals surface area contributed by atoms with E-state index in [-0.39, 0.29) is 17.9 Å². The number of amides is 1. The topological polar surface area (TPSA) is 73.0 Å². The van der Waals surface area contributed by atoms with E-state index in [4.69, 9.17) is 0 Å². The minimum atomic E-state index is -3.40. The van der Waals surface area contributed by atoms with Gasteiger partial charge in [0.15, 0.2) is 0 Å². The van der Waals surface area contributed by atoms with Crippen LogP contribution in [0, 0.1) is 5.92 Å². The number of rotatable bonds is 6. The van der Waals surface area contributed by atoms with Crippen LogP contribution in [0.15, 0.2) is 24.3 Å². The zero-order valence-electron chi connectivity index (χ0n) is 17.8. The minimum Gasteiger partial charge on any atom is -0.372 e. The Bertz CT molecular complexity index is 781. The molecule has 2 aliphatic rings. The molecule has 2 saturated heterocycles. The molecule has 8 heteroatoms. The summed E-state index contributed by atoms with van der Waals surface area (Å²) in [7, 11) is -0.329. The summed E-state index contributed by atoms with van der Waals surface area (Å²) in [4.78, 5) is 15.1. The lowest BCUT2D eigenvalue weighted by Gasteiger charge is -2.32. The second-order valence-electron chi connectivity index (χ2n) is 8.33. The summed E-state index contributed by atoms with van der Waals surface area (Å²) in [5.74, 6) is -0.127. The molecular weight excluding hydrogens is 388 g/mol. The van der Waals surface area contributed by atoms with E-state index >= 15 is 0 Å². The van der Waals surface area contributed by atoms with Gasteiger partial charge in [-0.2, -0.15) is 17.0 Å². The minimum absolute atomic E-state index is 0.0134. The molecule has 3 rings (SSSR count). The van der Waals surface area contributed by atoms with E-state index in [1.165, 1.54) is 47.7 Å². The number of benzene rings is 1. The predicted octanol–water partition coefficient (Wildman–Crippen LogP) is 2.37. The van der Waals surface area contributed by atoms with Crippen molar-refractivity contribution in [2.45, 2.75) is 45.1 Å². The van der Waals surface area contributed by atoms with E-state index in [1.54, 1.807) is 0 Å². The molecule has 0 saturated carbocycles. The Morgan fingerprint density at radius 3 is 2.17 bits per heavy atom. The number of carbonyl (C=O) groups excluding carboxylic acids is 1. The molecule has 7 nitrogen and oxygen atoms in total. The SMILES string of the molecule is C[C@H](NC(=O)C1CCN(S(=O)(=O)N(C)C)CC1)c1ccc(N2CCCCC2)cc1. The summed E-state index contributed by atoms with van der Waals surface area (Å²) < 4.78 is 27.1. The van der Waals surface area contributed by atoms with Crippen molar-refractivity contribution in [1.82, 2.24) is 13.9 Å². The van der Waals surface area contributed by atoms with Gasteiger partial charge in [0.05, 0.1) is 6.04 Å². The van der Waals surface area contributed by atoms with Crippen LogP contribution in [-0.4, -0.2) is 63.2 Å². The first kappa shape index (κ1) is 22.1. The number of piperidine rings is 2. The highest BCUT2D eigenvalue weighted by atomic mass is 32.2. The fourth-order valence-corrected chi connectivity index (χ4v) is 5.25. The van der Waals surface area contributed by atoms with Crippen LogP contribution in [-0.2, 0) is 15.0 Å². The van der Waals surface area contributed by atoms with Gasteiger partial charge in [-0.3, -0.25) is 4.79 Å². The summed E-state index contributed by atoms with van der Waals surface area (Å²) in [5, 5.41) is 3.11. The molecule has 1 aromatic rings. The van der Waals surface area contributed by atoms with Gasteiger partial charge in [-0.05, 0) is 56.7 Å². The van der Waals surface area contributed by atoms with Gasteiger partial charge in [-0.15, -0.1) is 0 Å². The first-order chi connectivity index (χ1) is 13.8. The highest BCUT2D eigenvalue weighted by molar-refractivity contribution is 7.86. The Morgan fingerprint density at radius 1 is 1.03 bits per heavy atom. The number of hydrogen-bond acceptors (Lipinski definition) is 4. The van der Waals surface area contributed by atoms with E-state index in [2.05, 4.69) is 34.5 Å². The molecule has 1 N–H and O–H groups in total. The third-order valence-electron chi connectivity index (χ3n) is 6.09. The first-order valence-corrected chi connectivity index (χ1v) is 12.0. The third-order valence-corrected chi connectivity index (χ3v) is 8.03. The van der Waals surface area contributed by atoms with Crippen molar-refractivity contribution >= 4 is 21.8 Å². The molecule has 1 amide bonds. The Balaban J connectivity index is 1.52. The molecule has 2 aliphatic heterocycles. The molecule has 1 aromatic carbocycles. The quantitative estimate of drug-likeness (QED) is 0.764. The lowest BCUT2D eigenvalue weighted by atomic mass is 9.96. The van der Waals surface area contributed by atoms with E-state index in [0.717, 1.165) is 18.7 Å². The van der Waals surface area contributed by atoms with E-state index in [0.29, 0.717) is 25.9 Å². The van der Waals surface area contributed by atoms with Crippen molar-refractivity contribution in [3.8, 4) is 0 Å². The van der Waals surface area contributed by atoms with Crippen molar-refractivity contribution in [3.63, 3.8) is 0 Å². The normalized spacial score (nSPS) is 20.6. The molecule has 0 radical (unpaired) electrons. The maximum Gasteiger partial charge on any atom is 0.281 e. The van der Waals surface area contributed by atoms with Gasteiger partial charge < -0.3 is 10.2 Å². The standard InChI is InChI=1S/C21H34N4O3S/c1-17(18-7-9-20(10-8-18)24-13-5-4-6-14-24)22-21(26)19-11-15-25(16-12-19)29(27,28)23(2)3/h7-10,17,19H,4-6,11-16H2,1-3H3,(H,22,26)/t17-/m0/s1. The predicted molar refractivity (Wildman–Crippen MR) is 116 cm³/mol. The lowest BCUT2D eigenvalue weighted by molar-refractivity contribution is -0.126. The summed E-state index contributed by atoms with van der Waals surface area (Å²) in [5.41, 5.74) is 2.34. The Kier molecular flexibility index (Phi) is 7.19. The molecule has 0 spiro atoms. The van der Waals surface area contributed by atoms with Crippen LogP contribution in [0.5, 0.6) is 0 Å². The molecule has 0 unspecified atom stereocenters. The highest BCUT2D eigenvalue weighted by Crippen LogP contribution is 2.24. The van der Waals surface area contributed by atoms with E-state index in [1.807, 2.05) is 6.92 Å². The molecule has 29 heavy (non-hydrogen) atoms. The van der Waals surface area contributed by atoms with Crippen molar-refractivity contribution in [2.24, 2.45) is 5.92 Å². The van der Waals surface area contributed by atoms with Crippen molar-refractivity contribution in [1.29, 1.82) is 0 Å². The Labute approximate surface area is 175 Å². The third kappa shape index (κ3) is 5.29. The monoisotopic (exact) mass is 422 g/mol. The van der Waals surface area contributed by atoms with Crippen LogP contribution < -0.4 is 10.2 Å². The molecule has 162 valence electrons. The second kappa shape index (κ2) is 9.45. The van der Waals surface area contributed by atoms with Crippen molar-refractivity contribution < 1.29 is 13.2 Å². The highest BCUT2D eigenvalue weighted by Gasteiger charge is 2.32. The van der Waals surface area contributed by atoms with E-state index < -0.39 is 10.2 Å². The lowest BCUT2D eigenvalue weighted by Crippen LogP contribution is -2.47. The summed E-state index contributed by atoms with van der Waals surface area (Å²) in [6, 6.07) is 8.42. The summed E-state index contributed by atoms with van der Waals surface area (Å²) in [6.07, 6.45) is 4.93. The zero-order chi connectivity index (χ0) is 21.0. The average Bonchev–Trinajstić information content (AvgIpc) is 2.74. The van der Waals surface area contributed by atoms with Crippen LogP contribution in [0.2, 0.25) is 0 Å². The smallest absolute Gasteiger partial charge is 0.281 e. The Morgan fingerprint density at radius 2 is 1.62 bits per heavy atom. The molecule has 0 bridgehead atoms. The summed E-state index contributed by atoms with van der Waals surface area (Å²) >= 11 is 0. The van der Waals surface area contributed by atoms with E-state index in [9.17, 15) is 13.2 Å². The van der Waals surface area contributed by atoms with Gasteiger partial charge in [0.2, 0.25) is 5.91 Å². The van der Waals surface area contributed by atoms with Gasteiger partial charge >= 0.3 is 0 Å². The fourth-order valence-electron chi connectivity index (χ4n) is 4.12. The van der Waals surface area contributed by atoms with Crippen LogP contribution in [0.3, 0.4) is 0 Å². The van der Waals surface area contributed by atoms with Gasteiger partial charge in [0.1, 0.15) is 0 Å². The molecular formula is C21H34N4O3S. The first-order valence-electron chi connectivity index (χ1n) is 10.6. The van der Waals surface area contributed by atoms with Crippen molar-refractivity contribution in [2.75, 3.05) is 45.2 Å². The van der Waals surface area contributed by atoms with Crippen LogP contribution in [0.4, 0.5) is 5.69 Å². The number of anilines is 1. The van der Waals surface area contributed by atoms with Gasteiger partial charge in [-0.25, -0.2) is 0 Å². The number of nitrogens with one attached hydrogen (secondary N) is 1. The molecule has 0 aromatic heterocycles. The largest absolute Gasteiger partial charge is 0.372 e. The van der Waals surface area contributed by atoms with Crippen LogP contribution in [0.25, 0.3) is 0 Å². The van der Waals surface area contributed by atoms with Crippen LogP contribution >= 0.6 is 0 Å². The fraction of sp³-hybridized carbons (Fsp3) is 0.667. The zero-order valence-corrected chi connectivity index (χ0v) is 18.6.